The van der Waals surface area contributed by atoms with Crippen LogP contribution in [0, 0.1) is 0 Å². The molecule has 0 rings (SSSR count). The summed E-state index contributed by atoms with van der Waals surface area (Å²) in [4.78, 5) is 10.7. The largest absolute Gasteiger partial charge is 0.468 e. The molecule has 3 nitrogen and oxygen atoms in total. The van der Waals surface area contributed by atoms with Crippen LogP contribution >= 0.6 is 11.6 Å². The molecule has 0 aromatic rings. The number of rotatable bonds is 5. The zero-order chi connectivity index (χ0) is 8.69. The van der Waals surface area contributed by atoms with E-state index in [1.54, 1.807) is 0 Å². The van der Waals surface area contributed by atoms with Crippen molar-refractivity contribution in [2.75, 3.05) is 20.2 Å². The number of esters is 1. The average Bonchev–Trinajstić information content (AvgIpc) is 2.03. The van der Waals surface area contributed by atoms with Crippen molar-refractivity contribution < 1.29 is 9.53 Å². The molecule has 0 saturated carbocycles. The van der Waals surface area contributed by atoms with Gasteiger partial charge in [0.15, 0.2) is 0 Å². The van der Waals surface area contributed by atoms with E-state index < -0.39 is 5.38 Å². The van der Waals surface area contributed by atoms with Gasteiger partial charge in [0.25, 0.3) is 0 Å². The van der Waals surface area contributed by atoms with Gasteiger partial charge < -0.3 is 10.1 Å². The van der Waals surface area contributed by atoms with Crippen LogP contribution in [0.1, 0.15) is 13.3 Å². The lowest BCUT2D eigenvalue weighted by Gasteiger charge is -2.07. The van der Waals surface area contributed by atoms with E-state index in [0.29, 0.717) is 6.54 Å². The van der Waals surface area contributed by atoms with Gasteiger partial charge in [0.05, 0.1) is 7.11 Å². The molecular weight excluding hydrogens is 166 g/mol. The Morgan fingerprint density at radius 2 is 2.36 bits per heavy atom. The van der Waals surface area contributed by atoms with E-state index in [1.165, 1.54) is 7.11 Å². The second kappa shape index (κ2) is 6.43. The minimum atomic E-state index is -0.563. The fourth-order valence-electron chi connectivity index (χ4n) is 0.617. The van der Waals surface area contributed by atoms with Gasteiger partial charge in [-0.15, -0.1) is 11.6 Å². The van der Waals surface area contributed by atoms with Crippen LogP contribution < -0.4 is 5.32 Å². The Hall–Kier alpha value is -0.280. The van der Waals surface area contributed by atoms with E-state index >= 15 is 0 Å². The Morgan fingerprint density at radius 3 is 2.82 bits per heavy atom. The standard InChI is InChI=1S/C7H14ClNO2/c1-3-4-9-5-6(8)7(10)11-2/h6,9H,3-5H2,1-2H3. The molecule has 0 bridgehead atoms. The first-order valence-electron chi connectivity index (χ1n) is 3.65. The Bertz CT molecular complexity index is 119. The lowest BCUT2D eigenvalue weighted by atomic mass is 10.4. The van der Waals surface area contributed by atoms with E-state index in [0.717, 1.165) is 13.0 Å². The lowest BCUT2D eigenvalue weighted by molar-refractivity contribution is -0.140. The number of hydrogen-bond donors (Lipinski definition) is 1. The first-order valence-corrected chi connectivity index (χ1v) is 4.08. The van der Waals surface area contributed by atoms with Crippen molar-refractivity contribution in [3.8, 4) is 0 Å². The minimum Gasteiger partial charge on any atom is -0.468 e. The van der Waals surface area contributed by atoms with Crippen LogP contribution in [0.2, 0.25) is 0 Å². The highest BCUT2D eigenvalue weighted by atomic mass is 35.5. The molecule has 0 aliphatic heterocycles. The van der Waals surface area contributed by atoms with Crippen LogP contribution in [0.4, 0.5) is 0 Å². The van der Waals surface area contributed by atoms with Crippen molar-refractivity contribution in [2.45, 2.75) is 18.7 Å². The Balaban J connectivity index is 3.36. The van der Waals surface area contributed by atoms with Crippen LogP contribution in [-0.4, -0.2) is 31.5 Å². The molecule has 11 heavy (non-hydrogen) atoms. The smallest absolute Gasteiger partial charge is 0.325 e. The number of carbonyl (C=O) groups is 1. The van der Waals surface area contributed by atoms with Gasteiger partial charge in [-0.2, -0.15) is 0 Å². The summed E-state index contributed by atoms with van der Waals surface area (Å²) in [5, 5.41) is 2.45. The van der Waals surface area contributed by atoms with Crippen molar-refractivity contribution in [3.63, 3.8) is 0 Å². The normalized spacial score (nSPS) is 12.6. The van der Waals surface area contributed by atoms with Crippen molar-refractivity contribution in [1.29, 1.82) is 0 Å². The van der Waals surface area contributed by atoms with E-state index in [1.807, 2.05) is 6.92 Å². The molecule has 0 radical (unpaired) electrons. The number of alkyl halides is 1. The molecule has 0 aliphatic rings. The number of methoxy groups -OCH3 is 1. The molecule has 4 heteroatoms. The summed E-state index contributed by atoms with van der Waals surface area (Å²) in [7, 11) is 1.33. The molecule has 0 fully saturated rings. The molecule has 66 valence electrons. The fraction of sp³-hybridized carbons (Fsp3) is 0.857. The van der Waals surface area contributed by atoms with Gasteiger partial charge in [-0.3, -0.25) is 4.79 Å². The molecule has 0 spiro atoms. The Morgan fingerprint density at radius 1 is 1.73 bits per heavy atom. The van der Waals surface area contributed by atoms with Gasteiger partial charge in [0.1, 0.15) is 5.38 Å². The van der Waals surface area contributed by atoms with Crippen LogP contribution in [0.15, 0.2) is 0 Å². The quantitative estimate of drug-likeness (QED) is 0.385. The maximum absolute atomic E-state index is 10.7. The molecule has 0 heterocycles. The molecule has 0 aromatic heterocycles. The highest BCUT2D eigenvalue weighted by Crippen LogP contribution is 1.95. The number of carbonyl (C=O) groups excluding carboxylic acids is 1. The number of ether oxygens (including phenoxy) is 1. The maximum Gasteiger partial charge on any atom is 0.325 e. The zero-order valence-corrected chi connectivity index (χ0v) is 7.65. The third-order valence-corrected chi connectivity index (χ3v) is 1.54. The predicted molar refractivity (Wildman–Crippen MR) is 44.8 cm³/mol. The van der Waals surface area contributed by atoms with Crippen molar-refractivity contribution in [3.05, 3.63) is 0 Å². The van der Waals surface area contributed by atoms with E-state index in [2.05, 4.69) is 10.1 Å². The van der Waals surface area contributed by atoms with Crippen molar-refractivity contribution in [2.24, 2.45) is 0 Å². The van der Waals surface area contributed by atoms with Crippen molar-refractivity contribution in [1.82, 2.24) is 5.32 Å². The van der Waals surface area contributed by atoms with Crippen molar-refractivity contribution >= 4 is 17.6 Å². The molecular formula is C7H14ClNO2. The summed E-state index contributed by atoms with van der Waals surface area (Å²) in [6.45, 7) is 3.40. The summed E-state index contributed by atoms with van der Waals surface area (Å²) < 4.78 is 4.43. The fourth-order valence-corrected chi connectivity index (χ4v) is 0.815. The van der Waals surface area contributed by atoms with Gasteiger partial charge in [-0.1, -0.05) is 6.92 Å². The highest BCUT2D eigenvalue weighted by molar-refractivity contribution is 6.30. The number of halogens is 1. The molecule has 0 aliphatic carbocycles. The van der Waals surface area contributed by atoms with E-state index in [9.17, 15) is 4.79 Å². The predicted octanol–water partition coefficient (Wildman–Crippen LogP) is 0.766. The molecule has 0 amide bonds. The minimum absolute atomic E-state index is 0.379. The number of hydrogen-bond acceptors (Lipinski definition) is 3. The highest BCUT2D eigenvalue weighted by Gasteiger charge is 2.13. The summed E-state index contributed by atoms with van der Waals surface area (Å²) in [6, 6.07) is 0. The van der Waals surface area contributed by atoms with Crippen LogP contribution in [0.25, 0.3) is 0 Å². The summed E-state index contributed by atoms with van der Waals surface area (Å²) in [5.74, 6) is -0.379. The van der Waals surface area contributed by atoms with Gasteiger partial charge >= 0.3 is 5.97 Å². The van der Waals surface area contributed by atoms with Crippen LogP contribution in [0.3, 0.4) is 0 Å². The second-order valence-electron chi connectivity index (χ2n) is 2.19. The van der Waals surface area contributed by atoms with Gasteiger partial charge in [-0.05, 0) is 13.0 Å². The Kier molecular flexibility index (Phi) is 6.27. The summed E-state index contributed by atoms with van der Waals surface area (Å²) >= 11 is 5.63. The van der Waals surface area contributed by atoms with Gasteiger partial charge in [0, 0.05) is 6.54 Å². The SMILES string of the molecule is CCCNCC(Cl)C(=O)OC. The first kappa shape index (κ1) is 10.7. The maximum atomic E-state index is 10.7. The zero-order valence-electron chi connectivity index (χ0n) is 6.89. The van der Waals surface area contributed by atoms with Gasteiger partial charge in [0.2, 0.25) is 0 Å². The molecule has 0 aromatic carbocycles. The molecule has 1 N–H and O–H groups in total. The van der Waals surface area contributed by atoms with E-state index in [4.69, 9.17) is 11.6 Å². The second-order valence-corrected chi connectivity index (χ2v) is 2.72. The van der Waals surface area contributed by atoms with E-state index in [-0.39, 0.29) is 5.97 Å². The van der Waals surface area contributed by atoms with Gasteiger partial charge in [-0.25, -0.2) is 0 Å². The molecule has 0 saturated heterocycles. The van der Waals surface area contributed by atoms with Crippen LogP contribution in [-0.2, 0) is 9.53 Å². The summed E-state index contributed by atoms with van der Waals surface area (Å²) in [5.41, 5.74) is 0. The first-order chi connectivity index (χ1) is 5.22. The monoisotopic (exact) mass is 179 g/mol. The molecule has 1 atom stereocenters. The third kappa shape index (κ3) is 5.04. The third-order valence-electron chi connectivity index (χ3n) is 1.21. The lowest BCUT2D eigenvalue weighted by Crippen LogP contribution is -2.30. The molecule has 1 unspecified atom stereocenters. The Labute approximate surface area is 72.1 Å². The topological polar surface area (TPSA) is 38.3 Å². The number of nitrogens with one attached hydrogen (secondary N) is 1. The summed E-state index contributed by atoms with van der Waals surface area (Å²) in [6.07, 6.45) is 1.03. The average molecular weight is 180 g/mol. The van der Waals surface area contributed by atoms with Crippen LogP contribution in [0.5, 0.6) is 0 Å².